The summed E-state index contributed by atoms with van der Waals surface area (Å²) in [6, 6.07) is 6.74. The van der Waals surface area contributed by atoms with Crippen LogP contribution in [0.3, 0.4) is 0 Å². The summed E-state index contributed by atoms with van der Waals surface area (Å²) in [5, 5.41) is 16.1. The van der Waals surface area contributed by atoms with Gasteiger partial charge in [-0.15, -0.1) is 17.9 Å². The molecule has 0 unspecified atom stereocenters. The number of thiophene rings is 1. The minimum absolute atomic E-state index is 0.0667. The van der Waals surface area contributed by atoms with Crippen molar-refractivity contribution in [2.75, 3.05) is 13.1 Å². The topological polar surface area (TPSA) is 134 Å². The second-order valence-corrected chi connectivity index (χ2v) is 7.34. The molecule has 2 rings (SSSR count). The van der Waals surface area contributed by atoms with Crippen LogP contribution in [0.5, 0.6) is 5.75 Å². The maximum absolute atomic E-state index is 14.0. The molecule has 0 bridgehead atoms. The first kappa shape index (κ1) is 22.8. The van der Waals surface area contributed by atoms with Gasteiger partial charge < -0.3 is 20.5 Å². The number of aliphatic carboxylic acids is 1. The molecule has 0 saturated heterocycles. The Morgan fingerprint density at radius 2 is 2.03 bits per heavy atom. The summed E-state index contributed by atoms with van der Waals surface area (Å²) < 4.78 is 19.1. The first-order valence-corrected chi connectivity index (χ1v) is 9.58. The zero-order valence-electron chi connectivity index (χ0n) is 15.9. The quantitative estimate of drug-likeness (QED) is 0.173. The average Bonchev–Trinajstić information content (AvgIpc) is 3.16. The van der Waals surface area contributed by atoms with Crippen LogP contribution >= 0.6 is 11.3 Å². The molecule has 10 heteroatoms. The lowest BCUT2D eigenvalue weighted by molar-refractivity contribution is -0.144. The molecule has 0 radical (unpaired) electrons. The Labute approximate surface area is 175 Å². The van der Waals surface area contributed by atoms with Gasteiger partial charge in [0.1, 0.15) is 17.3 Å². The van der Waals surface area contributed by atoms with Gasteiger partial charge in [-0.05, 0) is 36.8 Å². The first-order valence-electron chi connectivity index (χ1n) is 8.76. The van der Waals surface area contributed by atoms with Crippen molar-refractivity contribution in [3.63, 3.8) is 0 Å². The Morgan fingerprint density at radius 1 is 1.30 bits per heavy atom. The number of nitrogens with one attached hydrogen (secondary N) is 1. The van der Waals surface area contributed by atoms with E-state index in [0.29, 0.717) is 6.42 Å². The van der Waals surface area contributed by atoms with Gasteiger partial charge in [0.15, 0.2) is 11.6 Å². The van der Waals surface area contributed by atoms with Crippen molar-refractivity contribution in [3.05, 3.63) is 64.1 Å². The van der Waals surface area contributed by atoms with E-state index < -0.39 is 24.3 Å². The molecule has 2 aromatic rings. The molecule has 30 heavy (non-hydrogen) atoms. The van der Waals surface area contributed by atoms with Crippen molar-refractivity contribution in [3.8, 4) is 5.75 Å². The molecule has 0 fully saturated rings. The largest absolute Gasteiger partial charge is 0.480 e. The molecular formula is C20H20FN3O5S. The van der Waals surface area contributed by atoms with Crippen molar-refractivity contribution in [2.45, 2.75) is 12.8 Å². The van der Waals surface area contributed by atoms with Gasteiger partial charge in [0.2, 0.25) is 5.91 Å². The molecule has 0 aliphatic carbocycles. The zero-order valence-corrected chi connectivity index (χ0v) is 16.7. The maximum Gasteiger partial charge on any atom is 0.353 e. The third-order valence-corrected chi connectivity index (χ3v) is 5.05. The highest BCUT2D eigenvalue weighted by Crippen LogP contribution is 2.23. The Balaban J connectivity index is 1.98. The number of hydrogen-bond donors (Lipinski definition) is 3. The van der Waals surface area contributed by atoms with Crippen LogP contribution in [0.15, 0.2) is 43.0 Å². The summed E-state index contributed by atoms with van der Waals surface area (Å²) in [6.45, 7) is 3.22. The molecule has 1 aromatic carbocycles. The van der Waals surface area contributed by atoms with Crippen molar-refractivity contribution in [1.82, 2.24) is 4.90 Å². The summed E-state index contributed by atoms with van der Waals surface area (Å²) in [4.78, 5) is 37.4. The van der Waals surface area contributed by atoms with Gasteiger partial charge in [0, 0.05) is 23.4 Å². The van der Waals surface area contributed by atoms with Crippen molar-refractivity contribution in [1.29, 1.82) is 5.41 Å². The van der Waals surface area contributed by atoms with Crippen LogP contribution in [0.1, 0.15) is 26.5 Å². The number of carboxylic acids is 1. The van der Waals surface area contributed by atoms with Gasteiger partial charge in [-0.25, -0.2) is 9.18 Å². The van der Waals surface area contributed by atoms with E-state index in [2.05, 4.69) is 6.58 Å². The van der Waals surface area contributed by atoms with E-state index in [1.165, 1.54) is 29.2 Å². The normalized spacial score (nSPS) is 10.3. The highest BCUT2D eigenvalue weighted by atomic mass is 32.1. The minimum Gasteiger partial charge on any atom is -0.480 e. The lowest BCUT2D eigenvalue weighted by atomic mass is 10.2. The number of aryl methyl sites for hydroxylation is 1. The number of nitrogen functional groups attached to an aromatic ring is 1. The summed E-state index contributed by atoms with van der Waals surface area (Å²) in [5.74, 6) is -3.63. The molecular weight excluding hydrogens is 413 g/mol. The molecule has 8 nitrogen and oxygen atoms in total. The van der Waals surface area contributed by atoms with Crippen LogP contribution < -0.4 is 10.5 Å². The Bertz CT molecular complexity index is 989. The minimum atomic E-state index is -1.12. The second kappa shape index (κ2) is 10.3. The molecule has 0 aliphatic rings. The fourth-order valence-corrected chi connectivity index (χ4v) is 3.37. The SMILES string of the molecule is C=CCN(CC(=O)O)C(=O)CCc1ccc(C(=O)Oc2ccc(C(=N)N)cc2F)s1. The molecule has 1 heterocycles. The van der Waals surface area contributed by atoms with Crippen LogP contribution in [0.25, 0.3) is 0 Å². The maximum atomic E-state index is 14.0. The molecule has 1 aromatic heterocycles. The monoisotopic (exact) mass is 433 g/mol. The number of carboxylic acid groups (broad SMARTS) is 1. The van der Waals surface area contributed by atoms with E-state index in [-0.39, 0.29) is 40.9 Å². The third-order valence-electron chi connectivity index (χ3n) is 3.92. The van der Waals surface area contributed by atoms with Crippen LogP contribution in [0.4, 0.5) is 4.39 Å². The van der Waals surface area contributed by atoms with Crippen LogP contribution in [-0.4, -0.2) is 46.8 Å². The number of ether oxygens (including phenoxy) is 1. The van der Waals surface area contributed by atoms with Gasteiger partial charge in [0.25, 0.3) is 0 Å². The summed E-state index contributed by atoms with van der Waals surface area (Å²) in [5.41, 5.74) is 5.46. The molecule has 0 atom stereocenters. The fraction of sp³-hybridized carbons (Fsp3) is 0.200. The van der Waals surface area contributed by atoms with Crippen LogP contribution in [0.2, 0.25) is 0 Å². The average molecular weight is 433 g/mol. The molecule has 4 N–H and O–H groups in total. The number of amidine groups is 1. The van der Waals surface area contributed by atoms with Gasteiger partial charge >= 0.3 is 11.9 Å². The smallest absolute Gasteiger partial charge is 0.353 e. The molecule has 1 amide bonds. The van der Waals surface area contributed by atoms with E-state index in [4.69, 9.17) is 21.0 Å². The van der Waals surface area contributed by atoms with E-state index in [1.807, 2.05) is 0 Å². The molecule has 158 valence electrons. The number of hydrogen-bond acceptors (Lipinski definition) is 6. The number of halogens is 1. The van der Waals surface area contributed by atoms with E-state index in [0.717, 1.165) is 22.3 Å². The van der Waals surface area contributed by atoms with Crippen molar-refractivity contribution >= 4 is 35.0 Å². The standard InChI is InChI=1S/C20H20FN3O5S/c1-2-9-24(11-18(26)27)17(25)8-5-13-4-7-16(30-13)20(28)29-15-6-3-12(19(22)23)10-14(15)21/h2-4,6-7,10H,1,5,8-9,11H2,(H3,22,23)(H,26,27). The Morgan fingerprint density at radius 3 is 2.63 bits per heavy atom. The number of carbonyl (C=O) groups is 3. The van der Waals surface area contributed by atoms with E-state index >= 15 is 0 Å². The van der Waals surface area contributed by atoms with E-state index in [9.17, 15) is 18.8 Å². The first-order chi connectivity index (χ1) is 14.2. The van der Waals surface area contributed by atoms with Crippen molar-refractivity contribution in [2.24, 2.45) is 5.73 Å². The zero-order chi connectivity index (χ0) is 22.3. The Kier molecular flexibility index (Phi) is 7.82. The Hall–Kier alpha value is -3.53. The molecule has 0 aliphatic heterocycles. The lowest BCUT2D eigenvalue weighted by Crippen LogP contribution is -2.35. The van der Waals surface area contributed by atoms with Gasteiger partial charge in [0.05, 0.1) is 0 Å². The highest BCUT2D eigenvalue weighted by Gasteiger charge is 2.18. The van der Waals surface area contributed by atoms with Crippen LogP contribution in [0, 0.1) is 11.2 Å². The van der Waals surface area contributed by atoms with Crippen molar-refractivity contribution < 1.29 is 28.6 Å². The summed E-state index contributed by atoms with van der Waals surface area (Å²) >= 11 is 1.10. The molecule has 0 saturated carbocycles. The summed E-state index contributed by atoms with van der Waals surface area (Å²) in [7, 11) is 0. The number of nitrogens with two attached hydrogens (primary N) is 1. The second-order valence-electron chi connectivity index (χ2n) is 6.17. The number of esters is 1. The summed E-state index contributed by atoms with van der Waals surface area (Å²) in [6.07, 6.45) is 1.82. The van der Waals surface area contributed by atoms with Gasteiger partial charge in [-0.1, -0.05) is 6.08 Å². The number of nitrogens with zero attached hydrogens (tertiary/aromatic N) is 1. The lowest BCUT2D eigenvalue weighted by Gasteiger charge is -2.18. The third kappa shape index (κ3) is 6.24. The van der Waals surface area contributed by atoms with Gasteiger partial charge in [-0.3, -0.25) is 15.0 Å². The fourth-order valence-electron chi connectivity index (χ4n) is 2.49. The predicted molar refractivity (Wildman–Crippen MR) is 109 cm³/mol. The van der Waals surface area contributed by atoms with E-state index in [1.54, 1.807) is 6.07 Å². The number of carbonyl (C=O) groups excluding carboxylic acids is 2. The number of amides is 1. The predicted octanol–water partition coefficient (Wildman–Crippen LogP) is 2.42. The number of rotatable bonds is 10. The van der Waals surface area contributed by atoms with Crippen LogP contribution in [-0.2, 0) is 16.0 Å². The number of benzene rings is 1. The van der Waals surface area contributed by atoms with Gasteiger partial charge in [-0.2, -0.15) is 0 Å². The molecule has 0 spiro atoms. The highest BCUT2D eigenvalue weighted by molar-refractivity contribution is 7.13.